The van der Waals surface area contributed by atoms with Gasteiger partial charge in [-0.1, -0.05) is 35.9 Å². The van der Waals surface area contributed by atoms with Crippen LogP contribution in [0.3, 0.4) is 0 Å². The Morgan fingerprint density at radius 1 is 1.19 bits per heavy atom. The summed E-state index contributed by atoms with van der Waals surface area (Å²) in [4.78, 5) is 31.5. The molecule has 8 heteroatoms. The van der Waals surface area contributed by atoms with Gasteiger partial charge in [0.1, 0.15) is 0 Å². The maximum absolute atomic E-state index is 13.0. The zero-order valence-electron chi connectivity index (χ0n) is 20.1. The number of β-amino-alcohol motifs (C(OH)–C–C–N with tert-alkyl or cyclic N) is 1. The Kier molecular flexibility index (Phi) is 6.96. The highest BCUT2D eigenvalue weighted by Gasteiger charge is 2.28. The molecule has 2 aliphatic heterocycles. The van der Waals surface area contributed by atoms with Crippen LogP contribution in [0.4, 0.5) is 5.69 Å². The number of hydrogen-bond acceptors (Lipinski definition) is 4. The molecule has 0 bridgehead atoms. The van der Waals surface area contributed by atoms with Crippen LogP contribution in [0.1, 0.15) is 40.2 Å². The van der Waals surface area contributed by atoms with Gasteiger partial charge in [0.15, 0.2) is 0 Å². The lowest BCUT2D eigenvalue weighted by Gasteiger charge is -2.19. The summed E-state index contributed by atoms with van der Waals surface area (Å²) in [6.45, 7) is 4.55. The van der Waals surface area contributed by atoms with E-state index in [9.17, 15) is 14.7 Å². The Bertz CT molecular complexity index is 1320. The summed E-state index contributed by atoms with van der Waals surface area (Å²) in [7, 11) is 0. The van der Waals surface area contributed by atoms with Crippen molar-refractivity contribution < 1.29 is 14.7 Å². The summed E-state index contributed by atoms with van der Waals surface area (Å²) in [5.41, 5.74) is 5.58. The lowest BCUT2D eigenvalue weighted by molar-refractivity contribution is -0.110. The molecule has 3 heterocycles. The van der Waals surface area contributed by atoms with Crippen molar-refractivity contribution in [1.29, 1.82) is 0 Å². The van der Waals surface area contributed by atoms with Crippen molar-refractivity contribution in [3.05, 3.63) is 76.1 Å². The van der Waals surface area contributed by atoms with Gasteiger partial charge >= 0.3 is 0 Å². The highest BCUT2D eigenvalue weighted by molar-refractivity contribution is 6.36. The molecule has 3 aromatic rings. The summed E-state index contributed by atoms with van der Waals surface area (Å²) in [5.74, 6) is -0.526. The molecule has 7 nitrogen and oxygen atoms in total. The van der Waals surface area contributed by atoms with Crippen LogP contribution in [0.25, 0.3) is 22.8 Å². The number of halogens is 1. The normalized spacial score (nSPS) is 17.3. The first-order chi connectivity index (χ1) is 17.4. The van der Waals surface area contributed by atoms with Crippen LogP contribution in [0.15, 0.2) is 48.5 Å². The average molecular weight is 505 g/mol. The van der Waals surface area contributed by atoms with E-state index in [1.807, 2.05) is 49.4 Å². The summed E-state index contributed by atoms with van der Waals surface area (Å²) >= 11 is 6.07. The largest absolute Gasteiger partial charge is 0.390 e. The van der Waals surface area contributed by atoms with Gasteiger partial charge in [0.25, 0.3) is 11.8 Å². The number of fused-ring (bicyclic) bond motifs is 1. The van der Waals surface area contributed by atoms with Crippen LogP contribution in [-0.4, -0.2) is 59.1 Å². The van der Waals surface area contributed by atoms with Crippen LogP contribution < -0.4 is 10.6 Å². The van der Waals surface area contributed by atoms with Crippen LogP contribution in [0, 0.1) is 6.92 Å². The second-order valence-corrected chi connectivity index (χ2v) is 9.83. The van der Waals surface area contributed by atoms with E-state index in [0.717, 1.165) is 54.0 Å². The molecule has 1 fully saturated rings. The lowest BCUT2D eigenvalue weighted by atomic mass is 9.94. The van der Waals surface area contributed by atoms with Gasteiger partial charge in [-0.15, -0.1) is 0 Å². The minimum atomic E-state index is -0.636. The number of carbonyl (C=O) groups is 2. The van der Waals surface area contributed by atoms with Gasteiger partial charge in [0.05, 0.1) is 22.9 Å². The Hall–Kier alpha value is -3.39. The van der Waals surface area contributed by atoms with Gasteiger partial charge in [0, 0.05) is 35.1 Å². The van der Waals surface area contributed by atoms with Crippen molar-refractivity contribution in [3.8, 4) is 11.1 Å². The van der Waals surface area contributed by atoms with Crippen LogP contribution in [-0.2, 0) is 4.79 Å². The smallest absolute Gasteiger partial charge is 0.256 e. The molecule has 5 rings (SSSR count). The SMILES string of the molecule is Cc1cc(C(=O)NCC(O)CN2CCCC2)c(/C=C2\C(=O)Nc3cccc(-c4ccc(Cl)cc4)c32)[nH]1. The fourth-order valence-corrected chi connectivity index (χ4v) is 5.07. The highest BCUT2D eigenvalue weighted by Crippen LogP contribution is 2.40. The summed E-state index contributed by atoms with van der Waals surface area (Å²) in [5, 5.41) is 16.8. The summed E-state index contributed by atoms with van der Waals surface area (Å²) in [6, 6.07) is 15.0. The molecule has 1 unspecified atom stereocenters. The number of aliphatic hydroxyl groups is 1. The monoisotopic (exact) mass is 504 g/mol. The van der Waals surface area contributed by atoms with Gasteiger partial charge < -0.3 is 25.6 Å². The molecule has 1 atom stereocenters. The van der Waals surface area contributed by atoms with E-state index in [1.165, 1.54) is 0 Å². The predicted octanol–water partition coefficient (Wildman–Crippen LogP) is 4.32. The Balaban J connectivity index is 1.41. The van der Waals surface area contributed by atoms with Crippen molar-refractivity contribution in [2.45, 2.75) is 25.9 Å². The molecular weight excluding hydrogens is 476 g/mol. The van der Waals surface area contributed by atoms with E-state index >= 15 is 0 Å². The third-order valence-electron chi connectivity index (χ3n) is 6.66. The number of rotatable bonds is 7. The standard InChI is InChI=1S/C28H29ClN4O3/c1-17-13-22(27(35)30-15-20(34)16-33-11-2-3-12-33)25(31-17)14-23-26-21(18-7-9-19(29)10-8-18)5-4-6-24(26)32-28(23)36/h4-10,13-14,20,31,34H,2-3,11-12,15-16H2,1H3,(H,30,35)(H,32,36)/b23-14-. The number of anilines is 1. The van der Waals surface area contributed by atoms with Crippen LogP contribution in [0.5, 0.6) is 0 Å². The lowest BCUT2D eigenvalue weighted by Crippen LogP contribution is -2.39. The van der Waals surface area contributed by atoms with Gasteiger partial charge in [-0.25, -0.2) is 0 Å². The fraction of sp³-hybridized carbons (Fsp3) is 0.286. The van der Waals surface area contributed by atoms with E-state index in [2.05, 4.69) is 20.5 Å². The molecule has 0 aliphatic carbocycles. The molecule has 186 valence electrons. The molecule has 0 saturated carbocycles. The topological polar surface area (TPSA) is 97.5 Å². The van der Waals surface area contributed by atoms with E-state index in [0.29, 0.717) is 28.4 Å². The summed E-state index contributed by atoms with van der Waals surface area (Å²) < 4.78 is 0. The number of nitrogens with zero attached hydrogens (tertiary/aromatic N) is 1. The number of carbonyl (C=O) groups excluding carboxylic acids is 2. The molecule has 0 spiro atoms. The number of H-pyrrole nitrogens is 1. The molecule has 2 aromatic carbocycles. The second kappa shape index (κ2) is 10.3. The van der Waals surface area contributed by atoms with Crippen molar-refractivity contribution in [1.82, 2.24) is 15.2 Å². The van der Waals surface area contributed by atoms with Gasteiger partial charge in [-0.2, -0.15) is 0 Å². The van der Waals surface area contributed by atoms with E-state index in [1.54, 1.807) is 12.1 Å². The number of benzene rings is 2. The third-order valence-corrected chi connectivity index (χ3v) is 6.92. The first kappa shape index (κ1) is 24.3. The Morgan fingerprint density at radius 3 is 2.69 bits per heavy atom. The van der Waals surface area contributed by atoms with Crippen molar-refractivity contribution >= 4 is 40.8 Å². The number of aliphatic hydroxyl groups excluding tert-OH is 1. The third kappa shape index (κ3) is 5.09. The number of hydrogen-bond donors (Lipinski definition) is 4. The first-order valence-electron chi connectivity index (χ1n) is 12.2. The van der Waals surface area contributed by atoms with Crippen molar-refractivity contribution in [3.63, 3.8) is 0 Å². The molecule has 4 N–H and O–H groups in total. The Morgan fingerprint density at radius 2 is 1.94 bits per heavy atom. The van der Waals surface area contributed by atoms with Gasteiger partial charge in [0.2, 0.25) is 0 Å². The van der Waals surface area contributed by atoms with Crippen molar-refractivity contribution in [2.75, 3.05) is 31.5 Å². The van der Waals surface area contributed by atoms with Crippen LogP contribution >= 0.6 is 11.6 Å². The molecule has 2 amide bonds. The predicted molar refractivity (Wildman–Crippen MR) is 143 cm³/mol. The zero-order valence-corrected chi connectivity index (χ0v) is 20.9. The van der Waals surface area contributed by atoms with E-state index in [-0.39, 0.29) is 18.4 Å². The maximum atomic E-state index is 13.0. The first-order valence-corrected chi connectivity index (χ1v) is 12.6. The highest BCUT2D eigenvalue weighted by atomic mass is 35.5. The number of likely N-dealkylation sites (tertiary alicyclic amines) is 1. The van der Waals surface area contributed by atoms with E-state index in [4.69, 9.17) is 11.6 Å². The number of amides is 2. The molecule has 36 heavy (non-hydrogen) atoms. The number of aromatic amines is 1. The summed E-state index contributed by atoms with van der Waals surface area (Å²) in [6.07, 6.45) is 3.39. The quantitative estimate of drug-likeness (QED) is 0.360. The molecule has 1 aromatic heterocycles. The zero-order chi connectivity index (χ0) is 25.2. The molecule has 0 radical (unpaired) electrons. The van der Waals surface area contributed by atoms with Gasteiger partial charge in [-0.05, 0) is 74.3 Å². The maximum Gasteiger partial charge on any atom is 0.256 e. The van der Waals surface area contributed by atoms with Crippen LogP contribution in [0.2, 0.25) is 5.02 Å². The average Bonchev–Trinajstić information content (AvgIpc) is 3.58. The van der Waals surface area contributed by atoms with E-state index < -0.39 is 6.10 Å². The minimum Gasteiger partial charge on any atom is -0.390 e. The fourth-order valence-electron chi connectivity index (χ4n) is 4.95. The molecule has 2 aliphatic rings. The number of aromatic nitrogens is 1. The number of nitrogens with one attached hydrogen (secondary N) is 3. The molecule has 1 saturated heterocycles. The number of aryl methyl sites for hydroxylation is 1. The second-order valence-electron chi connectivity index (χ2n) is 9.40. The van der Waals surface area contributed by atoms with Crippen molar-refractivity contribution in [2.24, 2.45) is 0 Å². The minimum absolute atomic E-state index is 0.166. The molecular formula is C28H29ClN4O3. The van der Waals surface area contributed by atoms with Gasteiger partial charge in [-0.3, -0.25) is 9.59 Å². The Labute approximate surface area is 215 Å².